The van der Waals surface area contributed by atoms with Crippen molar-refractivity contribution in [2.75, 3.05) is 7.05 Å². The van der Waals surface area contributed by atoms with Crippen LogP contribution in [0.4, 0.5) is 0 Å². The van der Waals surface area contributed by atoms with Gasteiger partial charge in [0.25, 0.3) is 5.91 Å². The Hall–Kier alpha value is -1.25. The number of nitrogens with zero attached hydrogens (tertiary/aromatic N) is 1. The molecule has 0 radical (unpaired) electrons. The van der Waals surface area contributed by atoms with E-state index in [-0.39, 0.29) is 11.4 Å². The average molecular weight is 192 g/mol. The normalized spacial score (nSPS) is 19.7. The molecular formula is C11H16N2O. The van der Waals surface area contributed by atoms with Crippen molar-refractivity contribution in [3.05, 3.63) is 23.0 Å². The minimum atomic E-state index is -0.0820. The maximum absolute atomic E-state index is 12.0. The van der Waals surface area contributed by atoms with E-state index in [2.05, 4.69) is 18.8 Å². The van der Waals surface area contributed by atoms with Gasteiger partial charge in [0, 0.05) is 30.9 Å². The third-order valence-corrected chi connectivity index (χ3v) is 3.19. The number of aromatic amines is 1. The molecule has 0 unspecified atom stereocenters. The van der Waals surface area contributed by atoms with Gasteiger partial charge in [0.2, 0.25) is 0 Å². The third kappa shape index (κ3) is 1.08. The van der Waals surface area contributed by atoms with Crippen LogP contribution in [-0.2, 0) is 6.42 Å². The van der Waals surface area contributed by atoms with Gasteiger partial charge >= 0.3 is 0 Å². The molecule has 2 heterocycles. The summed E-state index contributed by atoms with van der Waals surface area (Å²) >= 11 is 0. The first kappa shape index (κ1) is 9.31. The lowest BCUT2D eigenvalue weighted by atomic mass is 9.89. The number of H-pyrrole nitrogens is 1. The van der Waals surface area contributed by atoms with Crippen molar-refractivity contribution in [1.82, 2.24) is 9.88 Å². The lowest BCUT2D eigenvalue weighted by Gasteiger charge is -2.39. The molecule has 0 spiro atoms. The zero-order valence-corrected chi connectivity index (χ0v) is 9.14. The number of hydrogen-bond acceptors (Lipinski definition) is 1. The Bertz CT molecular complexity index is 390. The number of fused-ring (bicyclic) bond motifs is 1. The summed E-state index contributed by atoms with van der Waals surface area (Å²) in [5.74, 6) is 0.134. The molecule has 0 atom stereocenters. The fourth-order valence-electron chi connectivity index (χ4n) is 2.01. The maximum atomic E-state index is 12.0. The Morgan fingerprint density at radius 2 is 2.14 bits per heavy atom. The number of rotatable bonds is 0. The molecule has 0 saturated carbocycles. The summed E-state index contributed by atoms with van der Waals surface area (Å²) in [6, 6.07) is 0. The van der Waals surface area contributed by atoms with Gasteiger partial charge in [-0.05, 0) is 26.3 Å². The number of nitrogens with one attached hydrogen (secondary N) is 1. The van der Waals surface area contributed by atoms with E-state index in [0.717, 1.165) is 23.2 Å². The van der Waals surface area contributed by atoms with Crippen LogP contribution in [0.2, 0.25) is 0 Å². The largest absolute Gasteiger partial charge is 0.364 e. The van der Waals surface area contributed by atoms with Crippen molar-refractivity contribution >= 4 is 5.91 Å². The minimum absolute atomic E-state index is 0.0820. The molecule has 0 fully saturated rings. The predicted molar refractivity (Wildman–Crippen MR) is 55.4 cm³/mol. The molecule has 0 bridgehead atoms. The van der Waals surface area contributed by atoms with Crippen molar-refractivity contribution in [2.24, 2.45) is 0 Å². The molecule has 1 N–H and O–H groups in total. The zero-order chi connectivity index (χ0) is 10.5. The summed E-state index contributed by atoms with van der Waals surface area (Å²) in [5, 5.41) is 0. The Balaban J connectivity index is 2.56. The Morgan fingerprint density at radius 1 is 1.50 bits per heavy atom. The monoisotopic (exact) mass is 192 g/mol. The maximum Gasteiger partial charge on any atom is 0.256 e. The van der Waals surface area contributed by atoms with Gasteiger partial charge in [-0.1, -0.05) is 0 Å². The number of amides is 1. The van der Waals surface area contributed by atoms with E-state index in [9.17, 15) is 4.79 Å². The van der Waals surface area contributed by atoms with Crippen LogP contribution in [0.25, 0.3) is 0 Å². The van der Waals surface area contributed by atoms with E-state index >= 15 is 0 Å². The van der Waals surface area contributed by atoms with E-state index in [1.165, 1.54) is 0 Å². The first-order valence-electron chi connectivity index (χ1n) is 4.88. The lowest BCUT2D eigenvalue weighted by molar-refractivity contribution is 0.0589. The van der Waals surface area contributed by atoms with E-state index in [1.54, 1.807) is 0 Å². The molecule has 1 aromatic heterocycles. The Morgan fingerprint density at radius 3 is 2.79 bits per heavy atom. The molecule has 1 aromatic rings. The van der Waals surface area contributed by atoms with E-state index in [0.29, 0.717) is 0 Å². The molecule has 0 saturated heterocycles. The van der Waals surface area contributed by atoms with Gasteiger partial charge < -0.3 is 9.88 Å². The molecule has 76 valence electrons. The number of carbonyl (C=O) groups excluding carboxylic acids is 1. The van der Waals surface area contributed by atoms with Crippen molar-refractivity contribution in [3.63, 3.8) is 0 Å². The van der Waals surface area contributed by atoms with Crippen LogP contribution < -0.4 is 0 Å². The minimum Gasteiger partial charge on any atom is -0.364 e. The van der Waals surface area contributed by atoms with Crippen LogP contribution in [0.5, 0.6) is 0 Å². The number of carbonyl (C=O) groups is 1. The van der Waals surface area contributed by atoms with Gasteiger partial charge in [-0.15, -0.1) is 0 Å². The standard InChI is InChI=1S/C11H16N2O/c1-7-6-12-8-5-11(2,3)13(4)10(14)9(7)8/h6,12H,5H2,1-4H3. The quantitative estimate of drug-likeness (QED) is 0.667. The second-order valence-corrected chi connectivity index (χ2v) is 4.68. The van der Waals surface area contributed by atoms with Crippen molar-refractivity contribution in [1.29, 1.82) is 0 Å². The summed E-state index contributed by atoms with van der Waals surface area (Å²) < 4.78 is 0. The van der Waals surface area contributed by atoms with E-state index < -0.39 is 0 Å². The van der Waals surface area contributed by atoms with Crippen molar-refractivity contribution in [2.45, 2.75) is 32.7 Å². The second-order valence-electron chi connectivity index (χ2n) is 4.68. The number of aryl methyl sites for hydroxylation is 1. The van der Waals surface area contributed by atoms with Gasteiger partial charge in [-0.3, -0.25) is 4.79 Å². The fraction of sp³-hybridized carbons (Fsp3) is 0.545. The molecule has 0 aliphatic carbocycles. The molecule has 1 amide bonds. The van der Waals surface area contributed by atoms with Gasteiger partial charge in [0.1, 0.15) is 0 Å². The summed E-state index contributed by atoms with van der Waals surface area (Å²) in [6.07, 6.45) is 2.82. The first-order valence-corrected chi connectivity index (χ1v) is 4.88. The number of likely N-dealkylation sites (N-methyl/N-ethyl adjacent to an activating group) is 1. The second kappa shape index (κ2) is 2.62. The Labute approximate surface area is 84.1 Å². The highest BCUT2D eigenvalue weighted by Gasteiger charge is 2.37. The molecule has 2 rings (SSSR count). The molecule has 14 heavy (non-hydrogen) atoms. The van der Waals surface area contributed by atoms with Gasteiger partial charge in [-0.2, -0.15) is 0 Å². The first-order chi connectivity index (χ1) is 6.43. The highest BCUT2D eigenvalue weighted by Crippen LogP contribution is 2.30. The van der Waals surface area contributed by atoms with Crippen LogP contribution in [0.3, 0.4) is 0 Å². The van der Waals surface area contributed by atoms with Crippen LogP contribution in [0, 0.1) is 6.92 Å². The highest BCUT2D eigenvalue weighted by molar-refractivity contribution is 5.98. The number of hydrogen-bond donors (Lipinski definition) is 1. The number of aromatic nitrogens is 1. The summed E-state index contributed by atoms with van der Waals surface area (Å²) in [5.41, 5.74) is 2.91. The third-order valence-electron chi connectivity index (χ3n) is 3.19. The zero-order valence-electron chi connectivity index (χ0n) is 9.14. The summed E-state index contributed by atoms with van der Waals surface area (Å²) in [6.45, 7) is 6.15. The van der Waals surface area contributed by atoms with Crippen molar-refractivity contribution < 1.29 is 4.79 Å². The van der Waals surface area contributed by atoms with Gasteiger partial charge in [-0.25, -0.2) is 0 Å². The molecular weight excluding hydrogens is 176 g/mol. The van der Waals surface area contributed by atoms with Crippen LogP contribution >= 0.6 is 0 Å². The molecule has 0 aromatic carbocycles. The van der Waals surface area contributed by atoms with Crippen molar-refractivity contribution in [3.8, 4) is 0 Å². The molecule has 1 aliphatic rings. The highest BCUT2D eigenvalue weighted by atomic mass is 16.2. The summed E-state index contributed by atoms with van der Waals surface area (Å²) in [4.78, 5) is 17.0. The SMILES string of the molecule is Cc1c[nH]c2c1C(=O)N(C)C(C)(C)C2. The molecule has 3 nitrogen and oxygen atoms in total. The molecule has 3 heteroatoms. The fourth-order valence-corrected chi connectivity index (χ4v) is 2.01. The summed E-state index contributed by atoms with van der Waals surface area (Å²) in [7, 11) is 1.87. The lowest BCUT2D eigenvalue weighted by Crippen LogP contribution is -2.50. The smallest absolute Gasteiger partial charge is 0.256 e. The predicted octanol–water partition coefficient (Wildman–Crippen LogP) is 1.73. The topological polar surface area (TPSA) is 36.1 Å². The van der Waals surface area contributed by atoms with Crippen LogP contribution in [-0.4, -0.2) is 28.4 Å². The Kier molecular flexibility index (Phi) is 1.74. The van der Waals surface area contributed by atoms with Crippen LogP contribution in [0.15, 0.2) is 6.20 Å². The average Bonchev–Trinajstić information content (AvgIpc) is 2.43. The van der Waals surface area contributed by atoms with E-state index in [4.69, 9.17) is 0 Å². The van der Waals surface area contributed by atoms with Gasteiger partial charge in [0.05, 0.1) is 5.56 Å². The molecule has 1 aliphatic heterocycles. The van der Waals surface area contributed by atoms with Gasteiger partial charge in [0.15, 0.2) is 0 Å². The van der Waals surface area contributed by atoms with E-state index in [1.807, 2.05) is 25.1 Å². The van der Waals surface area contributed by atoms with Crippen LogP contribution in [0.1, 0.15) is 35.5 Å².